The van der Waals surface area contributed by atoms with Crippen LogP contribution in [-0.4, -0.2) is 15.9 Å². The van der Waals surface area contributed by atoms with Crippen molar-refractivity contribution in [3.05, 3.63) is 77.6 Å². The van der Waals surface area contributed by atoms with Crippen molar-refractivity contribution in [2.24, 2.45) is 0 Å². The van der Waals surface area contributed by atoms with E-state index in [4.69, 9.17) is 5.26 Å². The summed E-state index contributed by atoms with van der Waals surface area (Å²) < 4.78 is 27.4. The summed E-state index contributed by atoms with van der Waals surface area (Å²) in [6.07, 6.45) is 1.29. The first-order chi connectivity index (χ1) is 12.6. The minimum Gasteiger partial charge on any atom is -0.321 e. The molecule has 0 fully saturated rings. The number of carbonyl (C=O) groups excluding carboxylic acids is 1. The molecule has 0 aliphatic heterocycles. The van der Waals surface area contributed by atoms with Crippen LogP contribution in [0.15, 0.2) is 54.7 Å². The van der Waals surface area contributed by atoms with Crippen LogP contribution < -0.4 is 10.6 Å². The molecule has 26 heavy (non-hydrogen) atoms. The Labute approximate surface area is 147 Å². The van der Waals surface area contributed by atoms with Gasteiger partial charge in [0.1, 0.15) is 23.0 Å². The Bertz CT molecular complexity index is 979. The number of nitrogens with one attached hydrogen (secondary N) is 2. The second-order valence-corrected chi connectivity index (χ2v) is 5.13. The van der Waals surface area contributed by atoms with Crippen LogP contribution in [0.3, 0.4) is 0 Å². The van der Waals surface area contributed by atoms with Gasteiger partial charge in [-0.25, -0.2) is 18.7 Å². The van der Waals surface area contributed by atoms with Crippen LogP contribution in [0, 0.1) is 23.0 Å². The van der Waals surface area contributed by atoms with Crippen LogP contribution in [0.1, 0.15) is 16.1 Å². The molecule has 3 aromatic rings. The summed E-state index contributed by atoms with van der Waals surface area (Å²) in [5.74, 6) is -2.27. The van der Waals surface area contributed by atoms with E-state index >= 15 is 0 Å². The maximum Gasteiger partial charge on any atom is 0.274 e. The summed E-state index contributed by atoms with van der Waals surface area (Å²) in [7, 11) is 0. The second kappa shape index (κ2) is 7.36. The number of nitriles is 1. The summed E-state index contributed by atoms with van der Waals surface area (Å²) in [5, 5.41) is 13.8. The maximum absolute atomic E-state index is 13.7. The normalized spacial score (nSPS) is 10.0. The van der Waals surface area contributed by atoms with Crippen LogP contribution in [0.5, 0.6) is 0 Å². The third-order valence-electron chi connectivity index (χ3n) is 3.36. The average molecular weight is 351 g/mol. The molecular formula is C18H11F2N5O. The fourth-order valence-corrected chi connectivity index (χ4v) is 2.10. The number of carbonyl (C=O) groups is 1. The molecule has 0 spiro atoms. The van der Waals surface area contributed by atoms with E-state index in [1.807, 2.05) is 6.07 Å². The number of nitrogens with zero attached hydrogens (tertiary/aromatic N) is 3. The Kier molecular flexibility index (Phi) is 4.80. The molecule has 0 atom stereocenters. The molecule has 1 amide bonds. The number of anilines is 3. The summed E-state index contributed by atoms with van der Waals surface area (Å²) >= 11 is 0. The SMILES string of the molecule is N#Cc1ccc(NC(=O)c2ccnc(Nc3c(F)cccc3F)n2)cc1. The first-order valence-corrected chi connectivity index (χ1v) is 7.42. The van der Waals surface area contributed by atoms with Gasteiger partial charge in [0.05, 0.1) is 11.6 Å². The van der Waals surface area contributed by atoms with Gasteiger partial charge in [0.15, 0.2) is 0 Å². The highest BCUT2D eigenvalue weighted by Crippen LogP contribution is 2.21. The lowest BCUT2D eigenvalue weighted by molar-refractivity contribution is 0.102. The Morgan fingerprint density at radius 2 is 1.73 bits per heavy atom. The Hall–Kier alpha value is -3.86. The fraction of sp³-hybridized carbons (Fsp3) is 0. The van der Waals surface area contributed by atoms with E-state index in [0.717, 1.165) is 12.1 Å². The van der Waals surface area contributed by atoms with E-state index in [9.17, 15) is 13.6 Å². The quantitative estimate of drug-likeness (QED) is 0.749. The molecule has 6 nitrogen and oxygen atoms in total. The van der Waals surface area contributed by atoms with Crippen LogP contribution in [0.25, 0.3) is 0 Å². The van der Waals surface area contributed by atoms with Gasteiger partial charge in [0.2, 0.25) is 5.95 Å². The number of rotatable bonds is 4. The van der Waals surface area contributed by atoms with E-state index in [0.29, 0.717) is 11.3 Å². The van der Waals surface area contributed by atoms with Crippen molar-refractivity contribution in [1.82, 2.24) is 9.97 Å². The third kappa shape index (κ3) is 3.79. The van der Waals surface area contributed by atoms with Gasteiger partial charge in [0.25, 0.3) is 5.91 Å². The van der Waals surface area contributed by atoms with Gasteiger partial charge in [-0.1, -0.05) is 6.07 Å². The van der Waals surface area contributed by atoms with E-state index < -0.39 is 23.2 Å². The number of aromatic nitrogens is 2. The molecular weight excluding hydrogens is 340 g/mol. The predicted molar refractivity (Wildman–Crippen MR) is 90.8 cm³/mol. The lowest BCUT2D eigenvalue weighted by Crippen LogP contribution is -2.15. The van der Waals surface area contributed by atoms with Gasteiger partial charge >= 0.3 is 0 Å². The van der Waals surface area contributed by atoms with Crippen LogP contribution in [0.4, 0.5) is 26.1 Å². The zero-order valence-electron chi connectivity index (χ0n) is 13.2. The summed E-state index contributed by atoms with van der Waals surface area (Å²) in [4.78, 5) is 20.1. The molecule has 1 aromatic heterocycles. The largest absolute Gasteiger partial charge is 0.321 e. The topological polar surface area (TPSA) is 90.7 Å². The van der Waals surface area contributed by atoms with Crippen LogP contribution >= 0.6 is 0 Å². The van der Waals surface area contributed by atoms with E-state index in [-0.39, 0.29) is 11.6 Å². The van der Waals surface area contributed by atoms with Crippen molar-refractivity contribution in [3.63, 3.8) is 0 Å². The fourth-order valence-electron chi connectivity index (χ4n) is 2.10. The smallest absolute Gasteiger partial charge is 0.274 e. The molecule has 0 saturated carbocycles. The van der Waals surface area contributed by atoms with Crippen molar-refractivity contribution in [3.8, 4) is 6.07 Å². The number of para-hydroxylation sites is 1. The first-order valence-electron chi connectivity index (χ1n) is 7.42. The van der Waals surface area contributed by atoms with E-state index in [2.05, 4.69) is 20.6 Å². The molecule has 8 heteroatoms. The Balaban J connectivity index is 1.78. The minimum atomic E-state index is -0.805. The third-order valence-corrected chi connectivity index (χ3v) is 3.36. The molecule has 2 N–H and O–H groups in total. The molecule has 0 aliphatic carbocycles. The average Bonchev–Trinajstić information content (AvgIpc) is 2.66. The lowest BCUT2D eigenvalue weighted by Gasteiger charge is -2.09. The number of hydrogen-bond donors (Lipinski definition) is 2. The zero-order chi connectivity index (χ0) is 18.5. The lowest BCUT2D eigenvalue weighted by atomic mass is 10.2. The molecule has 3 rings (SSSR count). The zero-order valence-corrected chi connectivity index (χ0v) is 13.2. The maximum atomic E-state index is 13.7. The highest BCUT2D eigenvalue weighted by molar-refractivity contribution is 6.03. The summed E-state index contributed by atoms with van der Waals surface area (Å²) in [6, 6.07) is 13.0. The molecule has 0 bridgehead atoms. The molecule has 1 heterocycles. The number of halogens is 2. The monoisotopic (exact) mass is 351 g/mol. The predicted octanol–water partition coefficient (Wildman–Crippen LogP) is 3.62. The Morgan fingerprint density at radius 3 is 2.38 bits per heavy atom. The van der Waals surface area contributed by atoms with Crippen molar-refractivity contribution in [1.29, 1.82) is 5.26 Å². The highest BCUT2D eigenvalue weighted by atomic mass is 19.1. The molecule has 2 aromatic carbocycles. The first kappa shape index (κ1) is 17.0. The van der Waals surface area contributed by atoms with Gasteiger partial charge in [-0.2, -0.15) is 5.26 Å². The summed E-state index contributed by atoms with van der Waals surface area (Å²) in [5.41, 5.74) is 0.534. The van der Waals surface area contributed by atoms with E-state index in [1.54, 1.807) is 24.3 Å². The second-order valence-electron chi connectivity index (χ2n) is 5.13. The number of benzene rings is 2. The number of amides is 1. The van der Waals surface area contributed by atoms with Crippen molar-refractivity contribution in [2.75, 3.05) is 10.6 Å². The standard InChI is InChI=1S/C18H11F2N5O/c19-13-2-1-3-14(20)16(13)25-18-22-9-8-15(24-18)17(26)23-12-6-4-11(10-21)5-7-12/h1-9H,(H,23,26)(H,22,24,25). The molecule has 0 saturated heterocycles. The van der Waals surface area contributed by atoms with Crippen molar-refractivity contribution in [2.45, 2.75) is 0 Å². The molecule has 0 aliphatic rings. The van der Waals surface area contributed by atoms with Crippen molar-refractivity contribution >= 4 is 23.2 Å². The Morgan fingerprint density at radius 1 is 1.04 bits per heavy atom. The van der Waals surface area contributed by atoms with E-state index in [1.165, 1.54) is 18.3 Å². The molecule has 0 radical (unpaired) electrons. The van der Waals surface area contributed by atoms with Gasteiger partial charge in [-0.3, -0.25) is 4.79 Å². The highest BCUT2D eigenvalue weighted by Gasteiger charge is 2.13. The minimum absolute atomic E-state index is 0.00334. The van der Waals surface area contributed by atoms with Gasteiger partial charge in [0, 0.05) is 11.9 Å². The van der Waals surface area contributed by atoms with Gasteiger partial charge in [-0.15, -0.1) is 0 Å². The van der Waals surface area contributed by atoms with Gasteiger partial charge < -0.3 is 10.6 Å². The van der Waals surface area contributed by atoms with Crippen LogP contribution in [-0.2, 0) is 0 Å². The summed E-state index contributed by atoms with van der Waals surface area (Å²) in [6.45, 7) is 0. The van der Waals surface area contributed by atoms with Crippen LogP contribution in [0.2, 0.25) is 0 Å². The molecule has 0 unspecified atom stereocenters. The molecule has 128 valence electrons. The van der Waals surface area contributed by atoms with Gasteiger partial charge in [-0.05, 0) is 42.5 Å². The number of hydrogen-bond acceptors (Lipinski definition) is 5. The van der Waals surface area contributed by atoms with Crippen molar-refractivity contribution < 1.29 is 13.6 Å².